The van der Waals surface area contributed by atoms with E-state index in [4.69, 9.17) is 23.2 Å². The SMILES string of the molecule is O=C(/C(=C(/C(Cl)Cl)N1CCCC1)[N+](=O)[O-])N1CCCC1. The van der Waals surface area contributed by atoms with Gasteiger partial charge < -0.3 is 9.80 Å². The molecule has 0 N–H and O–H groups in total. The lowest BCUT2D eigenvalue weighted by molar-refractivity contribution is -0.422. The van der Waals surface area contributed by atoms with E-state index in [1.54, 1.807) is 4.90 Å². The fourth-order valence-electron chi connectivity index (χ4n) is 2.70. The van der Waals surface area contributed by atoms with E-state index < -0.39 is 21.4 Å². The van der Waals surface area contributed by atoms with Crippen LogP contribution in [0, 0.1) is 10.1 Å². The Balaban J connectivity index is 2.37. The van der Waals surface area contributed by atoms with Gasteiger partial charge in [-0.2, -0.15) is 0 Å². The third-order valence-electron chi connectivity index (χ3n) is 3.67. The molecule has 0 unspecified atom stereocenters. The Morgan fingerprint density at radius 1 is 1.00 bits per heavy atom. The van der Waals surface area contributed by atoms with E-state index in [2.05, 4.69) is 0 Å². The van der Waals surface area contributed by atoms with Gasteiger partial charge in [-0.3, -0.25) is 14.9 Å². The second-order valence-corrected chi connectivity index (χ2v) is 6.08. The third-order valence-corrected chi connectivity index (χ3v) is 4.09. The van der Waals surface area contributed by atoms with Gasteiger partial charge in [0.2, 0.25) is 0 Å². The summed E-state index contributed by atoms with van der Waals surface area (Å²) in [6.07, 6.45) is 3.60. The number of amides is 1. The number of hydrogen-bond acceptors (Lipinski definition) is 4. The molecule has 1 amide bonds. The lowest BCUT2D eigenvalue weighted by Gasteiger charge is -2.23. The molecule has 2 saturated heterocycles. The summed E-state index contributed by atoms with van der Waals surface area (Å²) in [4.78, 5) is 25.3. The molecule has 2 aliphatic rings. The van der Waals surface area contributed by atoms with Gasteiger partial charge in [0.15, 0.2) is 4.84 Å². The molecule has 0 aliphatic carbocycles. The summed E-state index contributed by atoms with van der Waals surface area (Å²) < 4.78 is 0. The number of nitrogens with zero attached hydrogens (tertiary/aromatic N) is 3. The second kappa shape index (κ2) is 6.63. The van der Waals surface area contributed by atoms with Gasteiger partial charge in [0.1, 0.15) is 5.70 Å². The first-order valence-electron chi connectivity index (χ1n) is 6.73. The first-order chi connectivity index (χ1) is 9.52. The van der Waals surface area contributed by atoms with Crippen molar-refractivity contribution in [2.75, 3.05) is 26.2 Å². The number of nitro groups is 1. The van der Waals surface area contributed by atoms with Crippen molar-refractivity contribution in [2.24, 2.45) is 0 Å². The number of carbonyl (C=O) groups is 1. The summed E-state index contributed by atoms with van der Waals surface area (Å²) in [5, 5.41) is 11.4. The van der Waals surface area contributed by atoms with E-state index in [-0.39, 0.29) is 5.70 Å². The highest BCUT2D eigenvalue weighted by Gasteiger charge is 2.38. The van der Waals surface area contributed by atoms with Crippen LogP contribution in [0.5, 0.6) is 0 Å². The predicted octanol–water partition coefficient (Wildman–Crippen LogP) is 2.00. The molecule has 0 atom stereocenters. The number of alkyl halides is 2. The van der Waals surface area contributed by atoms with Crippen LogP contribution in [-0.4, -0.2) is 51.6 Å². The van der Waals surface area contributed by atoms with Gasteiger partial charge in [-0.05, 0) is 25.7 Å². The molecule has 0 saturated carbocycles. The van der Waals surface area contributed by atoms with E-state index in [1.165, 1.54) is 4.90 Å². The maximum atomic E-state index is 12.4. The Kier molecular flexibility index (Phi) is 5.10. The largest absolute Gasteiger partial charge is 0.367 e. The van der Waals surface area contributed by atoms with E-state index in [0.717, 1.165) is 25.7 Å². The van der Waals surface area contributed by atoms with E-state index in [0.29, 0.717) is 26.2 Å². The highest BCUT2D eigenvalue weighted by atomic mass is 35.5. The van der Waals surface area contributed by atoms with Crippen LogP contribution in [-0.2, 0) is 4.79 Å². The van der Waals surface area contributed by atoms with Crippen molar-refractivity contribution in [3.8, 4) is 0 Å². The Labute approximate surface area is 127 Å². The van der Waals surface area contributed by atoms with Gasteiger partial charge >= 0.3 is 11.6 Å². The van der Waals surface area contributed by atoms with Gasteiger partial charge in [-0.25, -0.2) is 0 Å². The molecule has 20 heavy (non-hydrogen) atoms. The average Bonchev–Trinajstić information content (AvgIpc) is 3.06. The molecule has 0 radical (unpaired) electrons. The van der Waals surface area contributed by atoms with Crippen molar-refractivity contribution in [3.05, 3.63) is 21.5 Å². The fraction of sp³-hybridized carbons (Fsp3) is 0.750. The Morgan fingerprint density at radius 3 is 1.85 bits per heavy atom. The molecular weight excluding hydrogens is 305 g/mol. The molecule has 0 aromatic carbocycles. The summed E-state index contributed by atoms with van der Waals surface area (Å²) in [5.74, 6) is -0.569. The minimum absolute atomic E-state index is 0.146. The standard InChI is InChI=1S/C12H17Cl2N3O3/c13-11(14)9(15-5-1-2-6-15)10(17(19)20)12(18)16-7-3-4-8-16/h11H,1-8H2/b10-9+. The van der Waals surface area contributed by atoms with E-state index in [9.17, 15) is 14.9 Å². The summed E-state index contributed by atoms with van der Waals surface area (Å²) in [7, 11) is 0. The van der Waals surface area contributed by atoms with E-state index in [1.807, 2.05) is 0 Å². The zero-order valence-electron chi connectivity index (χ0n) is 11.1. The monoisotopic (exact) mass is 321 g/mol. The maximum absolute atomic E-state index is 12.4. The zero-order valence-corrected chi connectivity index (χ0v) is 12.6. The van der Waals surface area contributed by atoms with Crippen molar-refractivity contribution in [3.63, 3.8) is 0 Å². The Bertz CT molecular complexity index is 428. The highest BCUT2D eigenvalue weighted by molar-refractivity contribution is 6.46. The van der Waals surface area contributed by atoms with Crippen LogP contribution in [0.4, 0.5) is 0 Å². The molecule has 0 aromatic rings. The maximum Gasteiger partial charge on any atom is 0.355 e. The van der Waals surface area contributed by atoms with Gasteiger partial charge in [-0.1, -0.05) is 23.2 Å². The fourth-order valence-corrected chi connectivity index (χ4v) is 3.18. The molecule has 2 aliphatic heterocycles. The first-order valence-corrected chi connectivity index (χ1v) is 7.60. The average molecular weight is 322 g/mol. The summed E-state index contributed by atoms with van der Waals surface area (Å²) in [6.45, 7) is 2.41. The van der Waals surface area contributed by atoms with Crippen LogP contribution in [0.25, 0.3) is 0 Å². The molecule has 2 fully saturated rings. The Morgan fingerprint density at radius 2 is 1.45 bits per heavy atom. The normalized spacial score (nSPS) is 20.6. The van der Waals surface area contributed by atoms with Crippen molar-refractivity contribution in [2.45, 2.75) is 30.5 Å². The predicted molar refractivity (Wildman–Crippen MR) is 76.1 cm³/mol. The van der Waals surface area contributed by atoms with Gasteiger partial charge in [0, 0.05) is 26.2 Å². The minimum atomic E-state index is -1.07. The summed E-state index contributed by atoms with van der Waals surface area (Å²) in [6, 6.07) is 0. The summed E-state index contributed by atoms with van der Waals surface area (Å²) >= 11 is 11.8. The lowest BCUT2D eigenvalue weighted by Crippen LogP contribution is -2.36. The second-order valence-electron chi connectivity index (χ2n) is 4.99. The van der Waals surface area contributed by atoms with Crippen molar-refractivity contribution in [1.82, 2.24) is 9.80 Å². The lowest BCUT2D eigenvalue weighted by atomic mass is 10.2. The molecule has 0 bridgehead atoms. The quantitative estimate of drug-likeness (QED) is 0.344. The molecule has 8 heteroatoms. The van der Waals surface area contributed by atoms with Crippen LogP contribution in [0.3, 0.4) is 0 Å². The van der Waals surface area contributed by atoms with Crippen LogP contribution in [0.2, 0.25) is 0 Å². The number of rotatable bonds is 4. The molecular formula is C12H17Cl2N3O3. The van der Waals surface area contributed by atoms with Gasteiger partial charge in [-0.15, -0.1) is 0 Å². The number of allylic oxidation sites excluding steroid dienone is 1. The van der Waals surface area contributed by atoms with Crippen LogP contribution >= 0.6 is 23.2 Å². The van der Waals surface area contributed by atoms with Crippen molar-refractivity contribution in [1.29, 1.82) is 0 Å². The molecule has 0 spiro atoms. The van der Waals surface area contributed by atoms with Crippen LogP contribution in [0.15, 0.2) is 11.4 Å². The van der Waals surface area contributed by atoms with E-state index >= 15 is 0 Å². The summed E-state index contributed by atoms with van der Waals surface area (Å²) in [5.41, 5.74) is -0.323. The zero-order chi connectivity index (χ0) is 14.7. The molecule has 112 valence electrons. The first kappa shape index (κ1) is 15.4. The minimum Gasteiger partial charge on any atom is -0.367 e. The van der Waals surface area contributed by atoms with Crippen molar-refractivity contribution < 1.29 is 9.72 Å². The number of likely N-dealkylation sites (tertiary alicyclic amines) is 2. The molecule has 2 heterocycles. The molecule has 2 rings (SSSR count). The molecule has 6 nitrogen and oxygen atoms in total. The topological polar surface area (TPSA) is 66.7 Å². The third kappa shape index (κ3) is 3.17. The Hall–Kier alpha value is -1.01. The van der Waals surface area contributed by atoms with Crippen molar-refractivity contribution >= 4 is 29.1 Å². The molecule has 0 aromatic heterocycles. The van der Waals surface area contributed by atoms with Gasteiger partial charge in [0.25, 0.3) is 0 Å². The van der Waals surface area contributed by atoms with Crippen LogP contribution in [0.1, 0.15) is 25.7 Å². The highest BCUT2D eigenvalue weighted by Crippen LogP contribution is 2.28. The van der Waals surface area contributed by atoms with Crippen LogP contribution < -0.4 is 0 Å². The number of halogens is 2. The number of carbonyl (C=O) groups excluding carboxylic acids is 1. The number of hydrogen-bond donors (Lipinski definition) is 0. The smallest absolute Gasteiger partial charge is 0.355 e. The van der Waals surface area contributed by atoms with Gasteiger partial charge in [0.05, 0.1) is 4.92 Å².